The topological polar surface area (TPSA) is 36.4 Å². The molecule has 0 saturated heterocycles. The molecule has 0 aliphatic heterocycles. The molecule has 0 spiro atoms. The number of aliphatic hydroxyl groups is 1. The van der Waals surface area contributed by atoms with E-state index in [1.807, 2.05) is 24.5 Å². The number of hydrogen-bond acceptors (Lipinski definition) is 3. The van der Waals surface area contributed by atoms with E-state index in [1.54, 1.807) is 0 Å². The third-order valence-electron chi connectivity index (χ3n) is 3.18. The number of hydrogen-bond donors (Lipinski definition) is 1. The largest absolute Gasteiger partial charge is 0.393 e. The fraction of sp³-hybridized carbons (Fsp3) is 0.583. The molecule has 1 heterocycles. The highest BCUT2D eigenvalue weighted by atomic mass is 16.3. The van der Waals surface area contributed by atoms with Gasteiger partial charge in [0.1, 0.15) is 0 Å². The molecule has 2 atom stereocenters. The number of nitrogens with zero attached hydrogens (tertiary/aromatic N) is 2. The van der Waals surface area contributed by atoms with E-state index < -0.39 is 0 Å². The van der Waals surface area contributed by atoms with Gasteiger partial charge in [-0.2, -0.15) is 0 Å². The average molecular weight is 206 g/mol. The van der Waals surface area contributed by atoms with Crippen molar-refractivity contribution in [2.75, 3.05) is 7.05 Å². The molecule has 3 heteroatoms. The summed E-state index contributed by atoms with van der Waals surface area (Å²) in [4.78, 5) is 6.33. The number of aliphatic hydroxyl groups excluding tert-OH is 1. The van der Waals surface area contributed by atoms with E-state index in [1.165, 1.54) is 5.56 Å². The molecule has 1 N–H and O–H groups in total. The summed E-state index contributed by atoms with van der Waals surface area (Å²) in [5.74, 6) is 0. The lowest BCUT2D eigenvalue weighted by Crippen LogP contribution is -2.29. The number of rotatable bonds is 3. The maximum atomic E-state index is 9.48. The van der Waals surface area contributed by atoms with Crippen molar-refractivity contribution in [2.24, 2.45) is 0 Å². The molecular weight excluding hydrogens is 188 g/mol. The summed E-state index contributed by atoms with van der Waals surface area (Å²) < 4.78 is 0. The molecule has 1 saturated carbocycles. The van der Waals surface area contributed by atoms with Crippen molar-refractivity contribution in [3.63, 3.8) is 0 Å². The minimum Gasteiger partial charge on any atom is -0.393 e. The zero-order chi connectivity index (χ0) is 10.7. The first-order valence-electron chi connectivity index (χ1n) is 5.53. The predicted molar refractivity (Wildman–Crippen MR) is 59.3 cm³/mol. The molecule has 82 valence electrons. The Labute approximate surface area is 90.8 Å². The second-order valence-corrected chi connectivity index (χ2v) is 4.39. The molecule has 3 nitrogen and oxygen atoms in total. The Morgan fingerprint density at radius 1 is 1.40 bits per heavy atom. The van der Waals surface area contributed by atoms with Crippen LogP contribution in [-0.2, 0) is 6.54 Å². The Bertz CT molecular complexity index is 302. The van der Waals surface area contributed by atoms with Gasteiger partial charge in [-0.15, -0.1) is 0 Å². The zero-order valence-corrected chi connectivity index (χ0v) is 9.13. The summed E-state index contributed by atoms with van der Waals surface area (Å²) in [6, 6.07) is 4.62. The van der Waals surface area contributed by atoms with E-state index in [9.17, 15) is 5.11 Å². The van der Waals surface area contributed by atoms with Crippen molar-refractivity contribution in [1.29, 1.82) is 0 Å². The van der Waals surface area contributed by atoms with Crippen molar-refractivity contribution in [3.05, 3.63) is 30.1 Å². The van der Waals surface area contributed by atoms with Gasteiger partial charge in [-0.05, 0) is 44.0 Å². The van der Waals surface area contributed by atoms with Crippen LogP contribution in [0.2, 0.25) is 0 Å². The minimum atomic E-state index is -0.0881. The predicted octanol–water partition coefficient (Wildman–Crippen LogP) is 1.43. The molecule has 0 aromatic carbocycles. The van der Waals surface area contributed by atoms with Crippen LogP contribution in [0.3, 0.4) is 0 Å². The summed E-state index contributed by atoms with van der Waals surface area (Å²) >= 11 is 0. The molecule has 15 heavy (non-hydrogen) atoms. The lowest BCUT2D eigenvalue weighted by atomic mass is 10.2. The van der Waals surface area contributed by atoms with E-state index in [4.69, 9.17) is 0 Å². The van der Waals surface area contributed by atoms with Crippen LogP contribution in [0.25, 0.3) is 0 Å². The highest BCUT2D eigenvalue weighted by Crippen LogP contribution is 2.24. The molecular formula is C12H18N2O. The quantitative estimate of drug-likeness (QED) is 0.812. The molecule has 0 bridgehead atoms. The van der Waals surface area contributed by atoms with Crippen LogP contribution in [-0.4, -0.2) is 34.2 Å². The molecule has 1 fully saturated rings. The van der Waals surface area contributed by atoms with Gasteiger partial charge in [-0.25, -0.2) is 0 Å². The Morgan fingerprint density at radius 2 is 2.13 bits per heavy atom. The Balaban J connectivity index is 1.90. The molecule has 1 aromatic heterocycles. The van der Waals surface area contributed by atoms with Gasteiger partial charge >= 0.3 is 0 Å². The van der Waals surface area contributed by atoms with Crippen LogP contribution in [0.15, 0.2) is 24.5 Å². The maximum Gasteiger partial charge on any atom is 0.0555 e. The molecule has 2 unspecified atom stereocenters. The van der Waals surface area contributed by atoms with E-state index in [0.717, 1.165) is 25.8 Å². The smallest absolute Gasteiger partial charge is 0.0555 e. The van der Waals surface area contributed by atoms with Crippen molar-refractivity contribution < 1.29 is 5.11 Å². The number of aromatic nitrogens is 1. The second-order valence-electron chi connectivity index (χ2n) is 4.39. The highest BCUT2D eigenvalue weighted by molar-refractivity contribution is 5.09. The monoisotopic (exact) mass is 206 g/mol. The van der Waals surface area contributed by atoms with Crippen molar-refractivity contribution in [1.82, 2.24) is 9.88 Å². The molecule has 1 aromatic rings. The van der Waals surface area contributed by atoms with Gasteiger partial charge in [0.05, 0.1) is 6.10 Å². The van der Waals surface area contributed by atoms with Crippen LogP contribution >= 0.6 is 0 Å². The van der Waals surface area contributed by atoms with E-state index >= 15 is 0 Å². The Morgan fingerprint density at radius 3 is 2.73 bits per heavy atom. The van der Waals surface area contributed by atoms with E-state index in [0.29, 0.717) is 6.04 Å². The molecule has 0 amide bonds. The molecule has 2 rings (SSSR count). The van der Waals surface area contributed by atoms with Crippen LogP contribution in [0.5, 0.6) is 0 Å². The highest BCUT2D eigenvalue weighted by Gasteiger charge is 2.25. The third kappa shape index (κ3) is 2.76. The van der Waals surface area contributed by atoms with Crippen molar-refractivity contribution >= 4 is 0 Å². The molecule has 0 radical (unpaired) electrons. The lowest BCUT2D eigenvalue weighted by Gasteiger charge is -2.23. The van der Waals surface area contributed by atoms with Gasteiger partial charge < -0.3 is 5.11 Å². The van der Waals surface area contributed by atoms with E-state index in [2.05, 4.69) is 16.9 Å². The summed E-state index contributed by atoms with van der Waals surface area (Å²) in [6.07, 6.45) is 6.55. The molecule has 1 aliphatic carbocycles. The van der Waals surface area contributed by atoms with Gasteiger partial charge in [0.2, 0.25) is 0 Å². The van der Waals surface area contributed by atoms with Gasteiger partial charge in [0.25, 0.3) is 0 Å². The van der Waals surface area contributed by atoms with Crippen LogP contribution < -0.4 is 0 Å². The Kier molecular flexibility index (Phi) is 3.34. The van der Waals surface area contributed by atoms with Crippen molar-refractivity contribution in [3.8, 4) is 0 Å². The summed E-state index contributed by atoms with van der Waals surface area (Å²) in [5.41, 5.74) is 1.29. The summed E-state index contributed by atoms with van der Waals surface area (Å²) in [6.45, 7) is 0.944. The average Bonchev–Trinajstić information content (AvgIpc) is 2.66. The first-order chi connectivity index (χ1) is 7.25. The fourth-order valence-corrected chi connectivity index (χ4v) is 2.24. The third-order valence-corrected chi connectivity index (χ3v) is 3.18. The SMILES string of the molecule is CN(Cc1ccncc1)C1CCC(O)C1. The zero-order valence-electron chi connectivity index (χ0n) is 9.13. The Hall–Kier alpha value is -0.930. The first kappa shape index (κ1) is 10.6. The normalized spacial score (nSPS) is 26.1. The van der Waals surface area contributed by atoms with Crippen molar-refractivity contribution in [2.45, 2.75) is 38.0 Å². The maximum absolute atomic E-state index is 9.48. The van der Waals surface area contributed by atoms with Gasteiger partial charge in [-0.1, -0.05) is 0 Å². The summed E-state index contributed by atoms with van der Waals surface area (Å²) in [7, 11) is 2.13. The summed E-state index contributed by atoms with van der Waals surface area (Å²) in [5, 5.41) is 9.48. The van der Waals surface area contributed by atoms with E-state index in [-0.39, 0.29) is 6.10 Å². The standard InChI is InChI=1S/C12H18N2O/c1-14(11-2-3-12(15)8-11)9-10-4-6-13-7-5-10/h4-7,11-12,15H,2-3,8-9H2,1H3. The number of pyridine rings is 1. The molecule has 1 aliphatic rings. The fourth-order valence-electron chi connectivity index (χ4n) is 2.24. The second kappa shape index (κ2) is 4.73. The lowest BCUT2D eigenvalue weighted by molar-refractivity contribution is 0.161. The first-order valence-corrected chi connectivity index (χ1v) is 5.53. The van der Waals surface area contributed by atoms with Gasteiger partial charge in [-0.3, -0.25) is 9.88 Å². The van der Waals surface area contributed by atoms with Gasteiger partial charge in [0.15, 0.2) is 0 Å². The van der Waals surface area contributed by atoms with Crippen LogP contribution in [0.4, 0.5) is 0 Å². The van der Waals surface area contributed by atoms with Crippen LogP contribution in [0.1, 0.15) is 24.8 Å². The van der Waals surface area contributed by atoms with Gasteiger partial charge in [0, 0.05) is 25.0 Å². The van der Waals surface area contributed by atoms with Crippen LogP contribution in [0, 0.1) is 0 Å². The minimum absolute atomic E-state index is 0.0881.